The van der Waals surface area contributed by atoms with Gasteiger partial charge in [0.15, 0.2) is 5.15 Å². The van der Waals surface area contributed by atoms with Crippen LogP contribution in [0.2, 0.25) is 10.3 Å². The molecule has 1 aromatic heterocycles. The largest absolute Gasteiger partial charge is 0.492 e. The highest BCUT2D eigenvalue weighted by atomic mass is 35.5. The van der Waals surface area contributed by atoms with Gasteiger partial charge >= 0.3 is 0 Å². The molecule has 0 saturated heterocycles. The molecule has 100 valence electrons. The third-order valence-electron chi connectivity index (χ3n) is 2.38. The quantitative estimate of drug-likeness (QED) is 0.628. The van der Waals surface area contributed by atoms with Crippen LogP contribution in [0.25, 0.3) is 0 Å². The van der Waals surface area contributed by atoms with Gasteiger partial charge < -0.3 is 9.30 Å². The monoisotopic (exact) mass is 301 g/mol. The number of nitro groups is 1. The van der Waals surface area contributed by atoms with Crippen LogP contribution in [0.3, 0.4) is 0 Å². The molecular weight excluding hydrogens is 293 g/mol. The summed E-state index contributed by atoms with van der Waals surface area (Å²) in [7, 11) is 0. The predicted octanol–water partition coefficient (Wildman–Crippen LogP) is 3.18. The van der Waals surface area contributed by atoms with Gasteiger partial charge in [0.05, 0.1) is 17.8 Å². The molecule has 0 fully saturated rings. The van der Waals surface area contributed by atoms with E-state index in [9.17, 15) is 10.1 Å². The Labute approximate surface area is 118 Å². The van der Waals surface area contributed by atoms with Crippen LogP contribution in [0.15, 0.2) is 30.6 Å². The number of hydrogen-bond acceptors (Lipinski definition) is 4. The van der Waals surface area contributed by atoms with Gasteiger partial charge in [-0.1, -0.05) is 23.2 Å². The van der Waals surface area contributed by atoms with Crippen molar-refractivity contribution >= 4 is 28.9 Å². The first-order valence-electron chi connectivity index (χ1n) is 5.31. The molecule has 0 atom stereocenters. The number of aromatic nitrogens is 2. The summed E-state index contributed by atoms with van der Waals surface area (Å²) < 4.78 is 7.08. The number of imidazole rings is 1. The molecule has 0 spiro atoms. The van der Waals surface area contributed by atoms with Gasteiger partial charge in [0.1, 0.15) is 17.5 Å². The third kappa shape index (κ3) is 3.36. The summed E-state index contributed by atoms with van der Waals surface area (Å²) in [6.07, 6.45) is 1.52. The Morgan fingerprint density at radius 3 is 2.53 bits per heavy atom. The number of rotatable bonds is 5. The second-order valence-electron chi connectivity index (χ2n) is 3.62. The van der Waals surface area contributed by atoms with Crippen molar-refractivity contribution in [1.29, 1.82) is 0 Å². The molecule has 6 nitrogen and oxygen atoms in total. The van der Waals surface area contributed by atoms with Gasteiger partial charge in [-0.05, 0) is 12.1 Å². The highest BCUT2D eigenvalue weighted by Gasteiger charge is 2.07. The van der Waals surface area contributed by atoms with Gasteiger partial charge in [0.2, 0.25) is 0 Å². The maximum absolute atomic E-state index is 10.5. The van der Waals surface area contributed by atoms with Crippen molar-refractivity contribution in [2.45, 2.75) is 6.54 Å². The van der Waals surface area contributed by atoms with E-state index in [-0.39, 0.29) is 10.8 Å². The number of halogens is 2. The second-order valence-corrected chi connectivity index (χ2v) is 4.34. The Bertz CT molecular complexity index is 583. The fourth-order valence-electron chi connectivity index (χ4n) is 1.42. The number of hydrogen-bond donors (Lipinski definition) is 0. The van der Waals surface area contributed by atoms with E-state index in [1.165, 1.54) is 18.5 Å². The van der Waals surface area contributed by atoms with Gasteiger partial charge in [-0.3, -0.25) is 10.1 Å². The Hall–Kier alpha value is -1.79. The van der Waals surface area contributed by atoms with Crippen molar-refractivity contribution in [3.8, 4) is 5.75 Å². The van der Waals surface area contributed by atoms with Crippen LogP contribution in [0.4, 0.5) is 5.69 Å². The van der Waals surface area contributed by atoms with E-state index in [4.69, 9.17) is 27.9 Å². The lowest BCUT2D eigenvalue weighted by molar-refractivity contribution is -0.384. The number of nitrogens with zero attached hydrogens (tertiary/aromatic N) is 3. The van der Waals surface area contributed by atoms with Gasteiger partial charge in [-0.2, -0.15) is 0 Å². The first kappa shape index (κ1) is 13.6. The van der Waals surface area contributed by atoms with E-state index >= 15 is 0 Å². The van der Waals surface area contributed by atoms with Crippen LogP contribution < -0.4 is 4.74 Å². The maximum Gasteiger partial charge on any atom is 0.269 e. The zero-order valence-electron chi connectivity index (χ0n) is 9.62. The third-order valence-corrected chi connectivity index (χ3v) is 3.15. The molecule has 0 aliphatic carbocycles. The van der Waals surface area contributed by atoms with Crippen LogP contribution in [0.5, 0.6) is 5.75 Å². The first-order valence-corrected chi connectivity index (χ1v) is 6.07. The predicted molar refractivity (Wildman–Crippen MR) is 70.8 cm³/mol. The molecule has 0 aliphatic rings. The lowest BCUT2D eigenvalue weighted by Crippen LogP contribution is -2.07. The number of non-ortho nitro benzene ring substituents is 1. The highest BCUT2D eigenvalue weighted by molar-refractivity contribution is 6.40. The molecule has 0 radical (unpaired) electrons. The smallest absolute Gasteiger partial charge is 0.269 e. The average Bonchev–Trinajstić information content (AvgIpc) is 2.71. The Morgan fingerprint density at radius 2 is 2.00 bits per heavy atom. The van der Waals surface area contributed by atoms with Crippen LogP contribution in [0, 0.1) is 10.1 Å². The summed E-state index contributed by atoms with van der Waals surface area (Å²) in [6, 6.07) is 5.86. The van der Waals surface area contributed by atoms with Crippen LogP contribution in [-0.4, -0.2) is 21.1 Å². The molecule has 0 bridgehead atoms. The van der Waals surface area contributed by atoms with E-state index in [0.29, 0.717) is 24.1 Å². The van der Waals surface area contributed by atoms with Gasteiger partial charge in [0.25, 0.3) is 5.69 Å². The molecule has 0 aliphatic heterocycles. The average molecular weight is 302 g/mol. The minimum atomic E-state index is -0.461. The maximum atomic E-state index is 10.5. The van der Waals surface area contributed by atoms with Crippen molar-refractivity contribution < 1.29 is 9.66 Å². The van der Waals surface area contributed by atoms with Gasteiger partial charge in [0, 0.05) is 12.1 Å². The molecular formula is C11H9Cl2N3O3. The molecule has 2 rings (SSSR count). The minimum Gasteiger partial charge on any atom is -0.492 e. The second kappa shape index (κ2) is 5.90. The molecule has 8 heteroatoms. The summed E-state index contributed by atoms with van der Waals surface area (Å²) in [4.78, 5) is 13.9. The summed E-state index contributed by atoms with van der Waals surface area (Å²) >= 11 is 11.6. The van der Waals surface area contributed by atoms with Crippen LogP contribution >= 0.6 is 23.2 Å². The Balaban J connectivity index is 1.89. The lowest BCUT2D eigenvalue weighted by Gasteiger charge is -2.07. The molecule has 1 heterocycles. The van der Waals surface area contributed by atoms with Gasteiger partial charge in [-0.25, -0.2) is 4.98 Å². The summed E-state index contributed by atoms with van der Waals surface area (Å²) in [5, 5.41) is 11.1. The van der Waals surface area contributed by atoms with E-state index in [0.717, 1.165) is 0 Å². The van der Waals surface area contributed by atoms with E-state index in [2.05, 4.69) is 4.98 Å². The fourth-order valence-corrected chi connectivity index (χ4v) is 1.75. The normalized spacial score (nSPS) is 10.4. The molecule has 0 unspecified atom stereocenters. The standard InChI is InChI=1S/C11H9Cl2N3O3/c12-10-11(13)15(7-14-10)5-6-19-9-3-1-8(2-4-9)16(17)18/h1-4,7H,5-6H2. The number of benzene rings is 1. The molecule has 0 saturated carbocycles. The van der Waals surface area contributed by atoms with Crippen molar-refractivity contribution in [2.75, 3.05) is 6.61 Å². The van der Waals surface area contributed by atoms with Crippen molar-refractivity contribution in [3.63, 3.8) is 0 Å². The SMILES string of the molecule is O=[N+]([O-])c1ccc(OCCn2cnc(Cl)c2Cl)cc1. The van der Waals surface area contributed by atoms with Crippen LogP contribution in [-0.2, 0) is 6.54 Å². The summed E-state index contributed by atoms with van der Waals surface area (Å²) in [5.41, 5.74) is 0.0248. The number of nitro benzene ring substituents is 1. The lowest BCUT2D eigenvalue weighted by atomic mass is 10.3. The fraction of sp³-hybridized carbons (Fsp3) is 0.182. The zero-order chi connectivity index (χ0) is 13.8. The van der Waals surface area contributed by atoms with Crippen molar-refractivity contribution in [2.24, 2.45) is 0 Å². The van der Waals surface area contributed by atoms with E-state index in [1.807, 2.05) is 0 Å². The van der Waals surface area contributed by atoms with Crippen molar-refractivity contribution in [1.82, 2.24) is 9.55 Å². The highest BCUT2D eigenvalue weighted by Crippen LogP contribution is 2.20. The summed E-state index contributed by atoms with van der Waals surface area (Å²) in [6.45, 7) is 0.833. The molecule has 19 heavy (non-hydrogen) atoms. The van der Waals surface area contributed by atoms with Crippen LogP contribution in [0.1, 0.15) is 0 Å². The topological polar surface area (TPSA) is 70.2 Å². The van der Waals surface area contributed by atoms with E-state index < -0.39 is 4.92 Å². The summed E-state index contributed by atoms with van der Waals surface area (Å²) in [5.74, 6) is 0.549. The Morgan fingerprint density at radius 1 is 1.32 bits per heavy atom. The minimum absolute atomic E-state index is 0.0248. The first-order chi connectivity index (χ1) is 9.08. The molecule has 1 aromatic carbocycles. The molecule has 0 amide bonds. The number of ether oxygens (including phenoxy) is 1. The van der Waals surface area contributed by atoms with Gasteiger partial charge in [-0.15, -0.1) is 0 Å². The zero-order valence-corrected chi connectivity index (χ0v) is 11.1. The molecule has 2 aromatic rings. The molecule has 0 N–H and O–H groups in total. The van der Waals surface area contributed by atoms with Crippen molar-refractivity contribution in [3.05, 3.63) is 51.0 Å². The Kier molecular flexibility index (Phi) is 4.24. The van der Waals surface area contributed by atoms with E-state index in [1.54, 1.807) is 16.7 Å².